The topological polar surface area (TPSA) is 46.1 Å². The molecule has 0 atom stereocenters. The zero-order valence-corrected chi connectivity index (χ0v) is 14.0. The van der Waals surface area contributed by atoms with Crippen molar-refractivity contribution in [1.29, 1.82) is 0 Å². The van der Waals surface area contributed by atoms with Crippen LogP contribution in [-0.2, 0) is 16.6 Å². The molecule has 6 heteroatoms. The van der Waals surface area contributed by atoms with Crippen LogP contribution in [0.25, 0.3) is 0 Å². The van der Waals surface area contributed by atoms with Gasteiger partial charge in [0.15, 0.2) is 0 Å². The number of aromatic nitrogens is 2. The van der Waals surface area contributed by atoms with Gasteiger partial charge < -0.3 is 4.90 Å². The molecule has 0 aromatic carbocycles. The minimum Gasteiger partial charge on any atom is -0.342 e. The second kappa shape index (κ2) is 5.85. The molecule has 0 unspecified atom stereocenters. The van der Waals surface area contributed by atoms with Crippen LogP contribution in [-0.4, -0.2) is 33.9 Å². The molecule has 3 heterocycles. The predicted molar refractivity (Wildman–Crippen MR) is 85.8 cm³/mol. The van der Waals surface area contributed by atoms with Gasteiger partial charge in [0.2, 0.25) is 5.91 Å². The van der Waals surface area contributed by atoms with Gasteiger partial charge >= 0.3 is 0 Å². The first-order valence-electron chi connectivity index (χ1n) is 7.16. The molecule has 3 rings (SSSR count). The lowest BCUT2D eigenvalue weighted by molar-refractivity contribution is -0.132. The summed E-state index contributed by atoms with van der Waals surface area (Å²) in [5.74, 6) is 0.196. The fourth-order valence-electron chi connectivity index (χ4n) is 2.74. The molecule has 1 amide bonds. The minimum atomic E-state index is 0.127. The van der Waals surface area contributed by atoms with Gasteiger partial charge in [0, 0.05) is 35.5 Å². The largest absolute Gasteiger partial charge is 0.342 e. The van der Waals surface area contributed by atoms with Crippen LogP contribution in [0.4, 0.5) is 0 Å². The standard InChI is InChI=1S/C15H19N3OS2/c1-11-17-12(10-21-11)9-13(19)18-6-3-15(2,4-7-18)14-16-5-8-20-14/h5,8,10H,3-4,6-7,9H2,1-2H3. The number of aryl methyl sites for hydroxylation is 1. The molecule has 0 bridgehead atoms. The number of carbonyl (C=O) groups excluding carboxylic acids is 1. The van der Waals surface area contributed by atoms with Gasteiger partial charge in [-0.3, -0.25) is 4.79 Å². The van der Waals surface area contributed by atoms with Gasteiger partial charge in [-0.1, -0.05) is 6.92 Å². The molecule has 21 heavy (non-hydrogen) atoms. The maximum atomic E-state index is 12.4. The van der Waals surface area contributed by atoms with Crippen molar-refractivity contribution in [2.75, 3.05) is 13.1 Å². The minimum absolute atomic E-state index is 0.127. The third-order valence-electron chi connectivity index (χ3n) is 4.17. The number of thiazole rings is 2. The second-order valence-corrected chi connectivity index (χ2v) is 7.77. The van der Waals surface area contributed by atoms with Gasteiger partial charge in [-0.05, 0) is 19.8 Å². The summed E-state index contributed by atoms with van der Waals surface area (Å²) in [5.41, 5.74) is 1.03. The number of piperidine rings is 1. The Morgan fingerprint density at radius 2 is 2.14 bits per heavy atom. The van der Waals surface area contributed by atoms with E-state index in [9.17, 15) is 4.79 Å². The Labute approximate surface area is 132 Å². The molecule has 1 saturated heterocycles. The number of hydrogen-bond donors (Lipinski definition) is 0. The van der Waals surface area contributed by atoms with E-state index in [2.05, 4.69) is 16.9 Å². The number of likely N-dealkylation sites (tertiary alicyclic amines) is 1. The van der Waals surface area contributed by atoms with Crippen molar-refractivity contribution in [3.8, 4) is 0 Å². The van der Waals surface area contributed by atoms with Crippen molar-refractivity contribution in [3.05, 3.63) is 32.7 Å². The summed E-state index contributed by atoms with van der Waals surface area (Å²) in [6, 6.07) is 0. The predicted octanol–water partition coefficient (Wildman–Crippen LogP) is 3.03. The van der Waals surface area contributed by atoms with E-state index in [4.69, 9.17) is 0 Å². The van der Waals surface area contributed by atoms with Crippen LogP contribution in [0.3, 0.4) is 0 Å². The maximum absolute atomic E-state index is 12.4. The van der Waals surface area contributed by atoms with E-state index in [1.807, 2.05) is 28.8 Å². The fraction of sp³-hybridized carbons (Fsp3) is 0.533. The van der Waals surface area contributed by atoms with Gasteiger partial charge in [0.05, 0.1) is 22.1 Å². The lowest BCUT2D eigenvalue weighted by atomic mass is 9.81. The van der Waals surface area contributed by atoms with E-state index in [1.54, 1.807) is 22.7 Å². The zero-order chi connectivity index (χ0) is 14.9. The first-order chi connectivity index (χ1) is 10.1. The molecule has 0 aliphatic carbocycles. The molecule has 2 aromatic heterocycles. The Morgan fingerprint density at radius 1 is 1.38 bits per heavy atom. The molecule has 1 aliphatic heterocycles. The summed E-state index contributed by atoms with van der Waals surface area (Å²) in [5, 5.41) is 6.23. The number of nitrogens with zero attached hydrogens (tertiary/aromatic N) is 3. The van der Waals surface area contributed by atoms with Crippen LogP contribution in [0.5, 0.6) is 0 Å². The van der Waals surface area contributed by atoms with Crippen molar-refractivity contribution in [2.45, 2.75) is 38.5 Å². The summed E-state index contributed by atoms with van der Waals surface area (Å²) < 4.78 is 0. The fourth-order valence-corrected chi connectivity index (χ4v) is 4.21. The van der Waals surface area contributed by atoms with Crippen molar-refractivity contribution in [2.24, 2.45) is 0 Å². The van der Waals surface area contributed by atoms with E-state index >= 15 is 0 Å². The molecule has 0 saturated carbocycles. The van der Waals surface area contributed by atoms with E-state index < -0.39 is 0 Å². The highest BCUT2D eigenvalue weighted by Gasteiger charge is 2.35. The van der Waals surface area contributed by atoms with Crippen molar-refractivity contribution >= 4 is 28.6 Å². The van der Waals surface area contributed by atoms with Gasteiger partial charge in [0.25, 0.3) is 0 Å². The van der Waals surface area contributed by atoms with Crippen molar-refractivity contribution in [3.63, 3.8) is 0 Å². The Hall–Kier alpha value is -1.27. The first-order valence-corrected chi connectivity index (χ1v) is 8.91. The van der Waals surface area contributed by atoms with E-state index in [-0.39, 0.29) is 11.3 Å². The average molecular weight is 321 g/mol. The van der Waals surface area contributed by atoms with Gasteiger partial charge in [-0.15, -0.1) is 22.7 Å². The van der Waals surface area contributed by atoms with E-state index in [0.29, 0.717) is 6.42 Å². The summed E-state index contributed by atoms with van der Waals surface area (Å²) in [4.78, 5) is 23.2. The number of rotatable bonds is 3. The second-order valence-electron chi connectivity index (χ2n) is 5.81. The molecule has 1 fully saturated rings. The molecule has 0 spiro atoms. The molecular formula is C15H19N3OS2. The Bertz CT molecular complexity index is 613. The molecule has 112 valence electrons. The summed E-state index contributed by atoms with van der Waals surface area (Å²) in [6.07, 6.45) is 4.27. The van der Waals surface area contributed by atoms with Crippen LogP contribution in [0.1, 0.15) is 35.5 Å². The van der Waals surface area contributed by atoms with Gasteiger partial charge in [-0.2, -0.15) is 0 Å². The number of amides is 1. The third kappa shape index (κ3) is 3.16. The lowest BCUT2D eigenvalue weighted by Crippen LogP contribution is -2.44. The highest BCUT2D eigenvalue weighted by molar-refractivity contribution is 7.09. The highest BCUT2D eigenvalue weighted by atomic mass is 32.1. The monoisotopic (exact) mass is 321 g/mol. The van der Waals surface area contributed by atoms with Crippen molar-refractivity contribution in [1.82, 2.24) is 14.9 Å². The van der Waals surface area contributed by atoms with Crippen LogP contribution in [0.15, 0.2) is 17.0 Å². The van der Waals surface area contributed by atoms with Crippen LogP contribution >= 0.6 is 22.7 Å². The molecule has 4 nitrogen and oxygen atoms in total. The molecule has 1 aliphatic rings. The number of carbonyl (C=O) groups is 1. The Morgan fingerprint density at radius 3 is 2.71 bits per heavy atom. The SMILES string of the molecule is Cc1nc(CC(=O)N2CCC(C)(c3nccs3)CC2)cs1. The first kappa shape index (κ1) is 14.7. The van der Waals surface area contributed by atoms with Gasteiger partial charge in [-0.25, -0.2) is 9.97 Å². The zero-order valence-electron chi connectivity index (χ0n) is 12.3. The number of hydrogen-bond acceptors (Lipinski definition) is 5. The molecule has 2 aromatic rings. The summed E-state index contributed by atoms with van der Waals surface area (Å²) >= 11 is 3.32. The van der Waals surface area contributed by atoms with Crippen molar-refractivity contribution < 1.29 is 4.79 Å². The Kier molecular flexibility index (Phi) is 4.08. The Balaban J connectivity index is 1.59. The van der Waals surface area contributed by atoms with Crippen LogP contribution < -0.4 is 0 Å². The third-order valence-corrected chi connectivity index (χ3v) is 6.07. The van der Waals surface area contributed by atoms with Crippen LogP contribution in [0.2, 0.25) is 0 Å². The van der Waals surface area contributed by atoms with E-state index in [0.717, 1.165) is 36.6 Å². The summed E-state index contributed by atoms with van der Waals surface area (Å²) in [7, 11) is 0. The summed E-state index contributed by atoms with van der Waals surface area (Å²) in [6.45, 7) is 5.87. The van der Waals surface area contributed by atoms with Gasteiger partial charge in [0.1, 0.15) is 0 Å². The van der Waals surface area contributed by atoms with E-state index in [1.165, 1.54) is 5.01 Å². The molecule has 0 N–H and O–H groups in total. The maximum Gasteiger partial charge on any atom is 0.228 e. The highest BCUT2D eigenvalue weighted by Crippen LogP contribution is 2.36. The quantitative estimate of drug-likeness (QED) is 0.873. The molecule has 0 radical (unpaired) electrons. The normalized spacial score (nSPS) is 17.9. The lowest BCUT2D eigenvalue weighted by Gasteiger charge is -2.38. The van der Waals surface area contributed by atoms with Crippen LogP contribution in [0, 0.1) is 6.92 Å². The smallest absolute Gasteiger partial charge is 0.228 e. The average Bonchev–Trinajstić information content (AvgIpc) is 3.11. The molecular weight excluding hydrogens is 302 g/mol.